The Kier molecular flexibility index (Phi) is 5.55. The Balaban J connectivity index is 1.61. The standard InChI is InChI=1S/C21H16Cl2N6O2/c1-25-13-3-5-14(6-4-13)26-21(31)28-8-9-29-17(11-28)18(20(24)30)19(27-29)12-2-7-15(22)16(23)10-12/h2-7,10H,8-9,11H2,(H2,24,30)(H,26,31). The lowest BCUT2D eigenvalue weighted by molar-refractivity contribution is 0.0997. The first kappa shape index (κ1) is 20.7. The molecule has 1 aliphatic rings. The van der Waals surface area contributed by atoms with Crippen LogP contribution < -0.4 is 11.1 Å². The van der Waals surface area contributed by atoms with Gasteiger partial charge in [-0.05, 0) is 24.3 Å². The van der Waals surface area contributed by atoms with Crippen LogP contribution in [0.15, 0.2) is 42.5 Å². The predicted octanol–water partition coefficient (Wildman–Crippen LogP) is 4.55. The Morgan fingerprint density at radius 1 is 1.10 bits per heavy atom. The Morgan fingerprint density at radius 2 is 1.84 bits per heavy atom. The third-order valence-electron chi connectivity index (χ3n) is 4.95. The zero-order chi connectivity index (χ0) is 22.1. The zero-order valence-electron chi connectivity index (χ0n) is 16.1. The van der Waals surface area contributed by atoms with E-state index < -0.39 is 5.91 Å². The van der Waals surface area contributed by atoms with Gasteiger partial charge in [0.1, 0.15) is 5.69 Å². The molecule has 0 fully saturated rings. The van der Waals surface area contributed by atoms with Crippen LogP contribution in [0.1, 0.15) is 16.1 Å². The van der Waals surface area contributed by atoms with Gasteiger partial charge in [-0.25, -0.2) is 9.64 Å². The first-order valence-electron chi connectivity index (χ1n) is 9.25. The van der Waals surface area contributed by atoms with Crippen LogP contribution in [0.4, 0.5) is 16.2 Å². The van der Waals surface area contributed by atoms with E-state index >= 15 is 0 Å². The van der Waals surface area contributed by atoms with Gasteiger partial charge in [-0.3, -0.25) is 9.48 Å². The van der Waals surface area contributed by atoms with Crippen LogP contribution in [0.2, 0.25) is 10.0 Å². The molecule has 0 unspecified atom stereocenters. The van der Waals surface area contributed by atoms with Crippen LogP contribution in [-0.2, 0) is 13.1 Å². The summed E-state index contributed by atoms with van der Waals surface area (Å²) in [4.78, 5) is 29.9. The average molecular weight is 455 g/mol. The fourth-order valence-electron chi connectivity index (χ4n) is 3.42. The van der Waals surface area contributed by atoms with E-state index in [4.69, 9.17) is 35.5 Å². The van der Waals surface area contributed by atoms with Crippen molar-refractivity contribution in [2.24, 2.45) is 5.73 Å². The highest BCUT2D eigenvalue weighted by molar-refractivity contribution is 6.42. The lowest BCUT2D eigenvalue weighted by atomic mass is 10.0. The molecule has 0 saturated heterocycles. The molecule has 0 atom stereocenters. The molecule has 2 aromatic carbocycles. The number of benzene rings is 2. The molecule has 0 aliphatic carbocycles. The van der Waals surface area contributed by atoms with Crippen LogP contribution in [0.25, 0.3) is 16.1 Å². The van der Waals surface area contributed by atoms with Gasteiger partial charge in [0.25, 0.3) is 5.91 Å². The molecule has 1 aliphatic heterocycles. The first-order valence-corrected chi connectivity index (χ1v) is 10.0. The van der Waals surface area contributed by atoms with Gasteiger partial charge >= 0.3 is 6.03 Å². The van der Waals surface area contributed by atoms with Crippen molar-refractivity contribution in [3.05, 3.63) is 75.2 Å². The summed E-state index contributed by atoms with van der Waals surface area (Å²) in [5.41, 5.74) is 8.54. The summed E-state index contributed by atoms with van der Waals surface area (Å²) >= 11 is 12.1. The second-order valence-corrected chi connectivity index (χ2v) is 7.71. The summed E-state index contributed by atoms with van der Waals surface area (Å²) in [5, 5.41) is 8.07. The number of nitrogens with two attached hydrogens (primary N) is 1. The summed E-state index contributed by atoms with van der Waals surface area (Å²) in [6.45, 7) is 7.97. The maximum atomic E-state index is 12.7. The summed E-state index contributed by atoms with van der Waals surface area (Å²) < 4.78 is 1.69. The van der Waals surface area contributed by atoms with Crippen molar-refractivity contribution in [3.63, 3.8) is 0 Å². The Hall–Kier alpha value is -3.54. The molecule has 1 aromatic heterocycles. The molecule has 3 aromatic rings. The molecule has 0 spiro atoms. The molecular formula is C21H16Cl2N6O2. The maximum Gasteiger partial charge on any atom is 0.322 e. The van der Waals surface area contributed by atoms with E-state index in [2.05, 4.69) is 15.3 Å². The van der Waals surface area contributed by atoms with Crippen LogP contribution in [0.5, 0.6) is 0 Å². The minimum absolute atomic E-state index is 0.165. The number of primary amides is 1. The van der Waals surface area contributed by atoms with Gasteiger partial charge in [-0.1, -0.05) is 41.4 Å². The van der Waals surface area contributed by atoms with Crippen molar-refractivity contribution in [1.82, 2.24) is 14.7 Å². The molecule has 3 N–H and O–H groups in total. The van der Waals surface area contributed by atoms with Crippen molar-refractivity contribution in [1.29, 1.82) is 0 Å². The van der Waals surface area contributed by atoms with Crippen LogP contribution >= 0.6 is 23.2 Å². The second-order valence-electron chi connectivity index (χ2n) is 6.90. The van der Waals surface area contributed by atoms with Gasteiger partial charge < -0.3 is 16.0 Å². The predicted molar refractivity (Wildman–Crippen MR) is 118 cm³/mol. The van der Waals surface area contributed by atoms with E-state index in [1.807, 2.05) is 0 Å². The number of rotatable bonds is 3. The third-order valence-corrected chi connectivity index (χ3v) is 5.69. The number of aromatic nitrogens is 2. The normalized spacial score (nSPS) is 12.7. The lowest BCUT2D eigenvalue weighted by Crippen LogP contribution is -2.41. The Bertz CT molecular complexity index is 1230. The van der Waals surface area contributed by atoms with Crippen molar-refractivity contribution in [3.8, 4) is 11.3 Å². The highest BCUT2D eigenvalue weighted by atomic mass is 35.5. The minimum Gasteiger partial charge on any atom is -0.365 e. The third kappa shape index (κ3) is 4.06. The molecule has 156 valence electrons. The molecule has 4 rings (SSSR count). The SMILES string of the molecule is [C-]#[N+]c1ccc(NC(=O)N2CCn3nc(-c4ccc(Cl)c(Cl)c4)c(C(N)=O)c3C2)cc1. The number of nitrogens with one attached hydrogen (secondary N) is 1. The Morgan fingerprint density at radius 3 is 2.48 bits per heavy atom. The maximum absolute atomic E-state index is 12.7. The minimum atomic E-state index is -0.640. The van der Waals surface area contributed by atoms with Gasteiger partial charge in [0.2, 0.25) is 0 Å². The molecule has 2 heterocycles. The summed E-state index contributed by atoms with van der Waals surface area (Å²) in [7, 11) is 0. The zero-order valence-corrected chi connectivity index (χ0v) is 17.6. The topological polar surface area (TPSA) is 97.6 Å². The molecule has 8 nitrogen and oxygen atoms in total. The van der Waals surface area contributed by atoms with E-state index in [1.165, 1.54) is 0 Å². The van der Waals surface area contributed by atoms with Gasteiger partial charge in [0, 0.05) is 17.8 Å². The number of urea groups is 1. The van der Waals surface area contributed by atoms with E-state index in [0.29, 0.717) is 51.5 Å². The number of amides is 3. The van der Waals surface area contributed by atoms with E-state index in [0.717, 1.165) is 0 Å². The van der Waals surface area contributed by atoms with E-state index in [9.17, 15) is 9.59 Å². The smallest absolute Gasteiger partial charge is 0.322 e. The number of hydrogen-bond acceptors (Lipinski definition) is 3. The van der Waals surface area contributed by atoms with E-state index in [1.54, 1.807) is 52.0 Å². The second kappa shape index (κ2) is 8.30. The number of hydrogen-bond donors (Lipinski definition) is 2. The Labute approximate surface area is 188 Å². The van der Waals surface area contributed by atoms with Crippen LogP contribution in [0, 0.1) is 6.57 Å². The van der Waals surface area contributed by atoms with Crippen molar-refractivity contribution >= 4 is 46.5 Å². The number of halogens is 2. The van der Waals surface area contributed by atoms with Crippen LogP contribution in [-0.4, -0.2) is 33.2 Å². The number of nitrogens with zero attached hydrogens (tertiary/aromatic N) is 4. The molecular weight excluding hydrogens is 439 g/mol. The summed E-state index contributed by atoms with van der Waals surface area (Å²) in [6.07, 6.45) is 0. The molecule has 31 heavy (non-hydrogen) atoms. The van der Waals surface area contributed by atoms with Gasteiger partial charge in [-0.15, -0.1) is 0 Å². The largest absolute Gasteiger partial charge is 0.365 e. The highest BCUT2D eigenvalue weighted by Gasteiger charge is 2.29. The number of fused-ring (bicyclic) bond motifs is 1. The first-order chi connectivity index (χ1) is 14.9. The highest BCUT2D eigenvalue weighted by Crippen LogP contribution is 2.32. The monoisotopic (exact) mass is 454 g/mol. The van der Waals surface area contributed by atoms with Crippen molar-refractivity contribution < 1.29 is 9.59 Å². The molecule has 0 bridgehead atoms. The van der Waals surface area contributed by atoms with Crippen molar-refractivity contribution in [2.75, 3.05) is 11.9 Å². The number of carbonyl (C=O) groups is 2. The number of carbonyl (C=O) groups excluding carboxylic acids is 2. The fourth-order valence-corrected chi connectivity index (χ4v) is 3.72. The molecule has 10 heteroatoms. The van der Waals surface area contributed by atoms with E-state index in [-0.39, 0.29) is 18.1 Å². The average Bonchev–Trinajstić information content (AvgIpc) is 3.15. The summed E-state index contributed by atoms with van der Waals surface area (Å²) in [6, 6.07) is 11.2. The summed E-state index contributed by atoms with van der Waals surface area (Å²) in [5.74, 6) is -0.640. The lowest BCUT2D eigenvalue weighted by Gasteiger charge is -2.28. The molecule has 3 amide bonds. The van der Waals surface area contributed by atoms with Crippen LogP contribution in [0.3, 0.4) is 0 Å². The molecule has 0 saturated carbocycles. The van der Waals surface area contributed by atoms with Gasteiger partial charge in [0.15, 0.2) is 5.69 Å². The number of anilines is 1. The fraction of sp³-hybridized carbons (Fsp3) is 0.143. The molecule has 0 radical (unpaired) electrons. The quantitative estimate of drug-likeness (QED) is 0.567. The van der Waals surface area contributed by atoms with Crippen molar-refractivity contribution in [2.45, 2.75) is 13.1 Å². The van der Waals surface area contributed by atoms with Gasteiger partial charge in [0.05, 0.1) is 41.0 Å². The van der Waals surface area contributed by atoms with Gasteiger partial charge in [-0.2, -0.15) is 5.10 Å².